The van der Waals surface area contributed by atoms with Crippen LogP contribution in [-0.4, -0.2) is 0 Å². The third-order valence-corrected chi connectivity index (χ3v) is 12.8. The zero-order valence-electron chi connectivity index (χ0n) is 34.0. The van der Waals surface area contributed by atoms with Gasteiger partial charge in [0, 0.05) is 22.5 Å². The van der Waals surface area contributed by atoms with Gasteiger partial charge in [0.15, 0.2) is 0 Å². The van der Waals surface area contributed by atoms with Crippen LogP contribution >= 0.6 is 0 Å². The molecule has 10 aromatic rings. The number of nitrogens with zero attached hydrogens (tertiary/aromatic N) is 1. The van der Waals surface area contributed by atoms with Gasteiger partial charge in [-0.15, -0.1) is 0 Å². The predicted octanol–water partition coefficient (Wildman–Crippen LogP) is 16.3. The van der Waals surface area contributed by atoms with Gasteiger partial charge in [0.1, 0.15) is 0 Å². The van der Waals surface area contributed by atoms with E-state index in [-0.39, 0.29) is 5.41 Å². The Hall–Kier alpha value is -7.74. The minimum absolute atomic E-state index is 0.383. The topological polar surface area (TPSA) is 3.24 Å². The van der Waals surface area contributed by atoms with Crippen molar-refractivity contribution in [2.45, 2.75) is 12.3 Å². The standard InChI is InChI=1S/C60H43N/c1-60(56-27-15-13-25-52(56)53-26-14-16-28-57(53)60)58-40-33-47-23-11-12-24-51(47)59(58)54-39-38-50(41-55(54)46-21-9-4-10-22-46)61(48-34-29-44(30-35-48)42-17-5-2-6-18-42)49-36-31-45(32-37-49)43-19-7-3-8-20-43/h2-41H,1H3. The smallest absolute Gasteiger partial charge is 0.0468 e. The van der Waals surface area contributed by atoms with Crippen LogP contribution in [0.25, 0.3) is 66.4 Å². The number of hydrogen-bond acceptors (Lipinski definition) is 1. The lowest BCUT2D eigenvalue weighted by Crippen LogP contribution is -2.23. The molecule has 0 amide bonds. The van der Waals surface area contributed by atoms with E-state index in [0.29, 0.717) is 0 Å². The van der Waals surface area contributed by atoms with Crippen molar-refractivity contribution in [1.29, 1.82) is 0 Å². The molecule has 1 aliphatic carbocycles. The van der Waals surface area contributed by atoms with Gasteiger partial charge < -0.3 is 4.90 Å². The summed E-state index contributed by atoms with van der Waals surface area (Å²) in [7, 11) is 0. The van der Waals surface area contributed by atoms with Crippen LogP contribution in [0, 0.1) is 0 Å². The maximum atomic E-state index is 2.43. The minimum Gasteiger partial charge on any atom is -0.310 e. The molecule has 288 valence electrons. The molecule has 10 aromatic carbocycles. The number of anilines is 3. The second-order valence-corrected chi connectivity index (χ2v) is 16.2. The van der Waals surface area contributed by atoms with Crippen LogP contribution < -0.4 is 4.90 Å². The molecule has 1 heteroatoms. The van der Waals surface area contributed by atoms with Crippen molar-refractivity contribution in [3.8, 4) is 55.6 Å². The summed E-state index contributed by atoms with van der Waals surface area (Å²) in [6, 6.07) is 88.8. The van der Waals surface area contributed by atoms with Crippen LogP contribution in [0.1, 0.15) is 23.6 Å². The number of hydrogen-bond donors (Lipinski definition) is 0. The van der Waals surface area contributed by atoms with Crippen LogP contribution in [0.15, 0.2) is 243 Å². The highest BCUT2D eigenvalue weighted by Crippen LogP contribution is 2.56. The maximum absolute atomic E-state index is 2.43. The molecule has 0 saturated carbocycles. The summed E-state index contributed by atoms with van der Waals surface area (Å²) >= 11 is 0. The monoisotopic (exact) mass is 777 g/mol. The van der Waals surface area contributed by atoms with E-state index in [1.54, 1.807) is 0 Å². The van der Waals surface area contributed by atoms with Crippen LogP contribution in [0.5, 0.6) is 0 Å². The summed E-state index contributed by atoms with van der Waals surface area (Å²) in [5.74, 6) is 0. The zero-order valence-corrected chi connectivity index (χ0v) is 34.0. The Balaban J connectivity index is 1.14. The first-order chi connectivity index (χ1) is 30.1. The van der Waals surface area contributed by atoms with Crippen molar-refractivity contribution in [3.05, 3.63) is 259 Å². The van der Waals surface area contributed by atoms with Crippen LogP contribution in [-0.2, 0) is 5.41 Å². The molecule has 0 saturated heterocycles. The Morgan fingerprint density at radius 3 is 1.30 bits per heavy atom. The number of fused-ring (bicyclic) bond motifs is 4. The van der Waals surface area contributed by atoms with Gasteiger partial charge in [0.2, 0.25) is 0 Å². The van der Waals surface area contributed by atoms with Crippen LogP contribution in [0.4, 0.5) is 17.1 Å². The molecule has 0 unspecified atom stereocenters. The van der Waals surface area contributed by atoms with Crippen molar-refractivity contribution in [2.75, 3.05) is 4.90 Å². The first-order valence-corrected chi connectivity index (χ1v) is 21.2. The quantitative estimate of drug-likeness (QED) is 0.149. The van der Waals surface area contributed by atoms with Gasteiger partial charge in [0.05, 0.1) is 0 Å². The molecule has 0 N–H and O–H groups in total. The molecule has 0 bridgehead atoms. The fourth-order valence-corrected chi connectivity index (χ4v) is 9.78. The summed E-state index contributed by atoms with van der Waals surface area (Å²) in [5.41, 5.74) is 19.1. The van der Waals surface area contributed by atoms with Gasteiger partial charge in [0.25, 0.3) is 0 Å². The summed E-state index contributed by atoms with van der Waals surface area (Å²) in [4.78, 5) is 2.40. The van der Waals surface area contributed by atoms with Gasteiger partial charge >= 0.3 is 0 Å². The summed E-state index contributed by atoms with van der Waals surface area (Å²) in [6.07, 6.45) is 0. The second kappa shape index (κ2) is 15.1. The molecular formula is C60H43N. The van der Waals surface area contributed by atoms with E-state index in [4.69, 9.17) is 0 Å². The predicted molar refractivity (Wildman–Crippen MR) is 258 cm³/mol. The molecule has 0 aliphatic heterocycles. The third kappa shape index (κ3) is 6.26. The Morgan fingerprint density at radius 2 is 0.738 bits per heavy atom. The molecule has 0 atom stereocenters. The SMILES string of the molecule is CC1(c2ccc3ccccc3c2-c2ccc(N(c3ccc(-c4ccccc4)cc3)c3ccc(-c4ccccc4)cc3)cc2-c2ccccc2)c2ccccc2-c2ccccc21. The lowest BCUT2D eigenvalue weighted by atomic mass is 9.70. The van der Waals surface area contributed by atoms with Gasteiger partial charge in [-0.1, -0.05) is 206 Å². The zero-order chi connectivity index (χ0) is 40.8. The normalized spacial score (nSPS) is 12.5. The Morgan fingerprint density at radius 1 is 0.295 bits per heavy atom. The van der Waals surface area contributed by atoms with E-state index in [1.807, 2.05) is 0 Å². The Kier molecular flexibility index (Phi) is 9.02. The number of rotatable bonds is 8. The molecule has 1 nitrogen and oxygen atoms in total. The molecule has 0 heterocycles. The van der Waals surface area contributed by atoms with Crippen molar-refractivity contribution in [2.24, 2.45) is 0 Å². The molecule has 0 aromatic heterocycles. The third-order valence-electron chi connectivity index (χ3n) is 12.8. The average Bonchev–Trinajstić information content (AvgIpc) is 3.61. The largest absolute Gasteiger partial charge is 0.310 e. The first kappa shape index (κ1) is 36.3. The van der Waals surface area contributed by atoms with Crippen LogP contribution in [0.2, 0.25) is 0 Å². The highest BCUT2D eigenvalue weighted by atomic mass is 15.1. The van der Waals surface area contributed by atoms with Crippen LogP contribution in [0.3, 0.4) is 0 Å². The average molecular weight is 778 g/mol. The van der Waals surface area contributed by atoms with E-state index >= 15 is 0 Å². The lowest BCUT2D eigenvalue weighted by Gasteiger charge is -2.32. The van der Waals surface area contributed by atoms with Gasteiger partial charge in [-0.3, -0.25) is 0 Å². The summed E-state index contributed by atoms with van der Waals surface area (Å²) in [5, 5.41) is 2.48. The van der Waals surface area contributed by atoms with Gasteiger partial charge in [-0.25, -0.2) is 0 Å². The van der Waals surface area contributed by atoms with E-state index in [2.05, 4.69) is 254 Å². The van der Waals surface area contributed by atoms with E-state index in [0.717, 1.165) is 17.1 Å². The minimum atomic E-state index is -0.383. The van der Waals surface area contributed by atoms with Gasteiger partial charge in [-0.05, 0) is 126 Å². The first-order valence-electron chi connectivity index (χ1n) is 21.2. The van der Waals surface area contributed by atoms with Crippen molar-refractivity contribution in [1.82, 2.24) is 0 Å². The highest BCUT2D eigenvalue weighted by molar-refractivity contribution is 6.04. The maximum Gasteiger partial charge on any atom is 0.0468 e. The summed E-state index contributed by atoms with van der Waals surface area (Å²) < 4.78 is 0. The molecular weight excluding hydrogens is 735 g/mol. The van der Waals surface area contributed by atoms with Crippen molar-refractivity contribution < 1.29 is 0 Å². The molecule has 0 spiro atoms. The summed E-state index contributed by atoms with van der Waals surface area (Å²) in [6.45, 7) is 2.43. The second-order valence-electron chi connectivity index (χ2n) is 16.2. The van der Waals surface area contributed by atoms with Crippen molar-refractivity contribution in [3.63, 3.8) is 0 Å². The molecule has 0 fully saturated rings. The van der Waals surface area contributed by atoms with E-state index < -0.39 is 0 Å². The molecule has 11 rings (SSSR count). The van der Waals surface area contributed by atoms with Gasteiger partial charge in [-0.2, -0.15) is 0 Å². The fourth-order valence-electron chi connectivity index (χ4n) is 9.78. The molecule has 1 aliphatic rings. The lowest BCUT2D eigenvalue weighted by molar-refractivity contribution is 0.717. The van der Waals surface area contributed by atoms with Crippen molar-refractivity contribution >= 4 is 27.8 Å². The molecule has 61 heavy (non-hydrogen) atoms. The van der Waals surface area contributed by atoms with E-state index in [1.165, 1.54) is 83.1 Å². The Labute approximate surface area is 358 Å². The Bertz CT molecular complexity index is 3040. The van der Waals surface area contributed by atoms with E-state index in [9.17, 15) is 0 Å². The highest BCUT2D eigenvalue weighted by Gasteiger charge is 2.42. The molecule has 0 radical (unpaired) electrons. The number of benzene rings is 10. The fraction of sp³-hybridized carbons (Fsp3) is 0.0333.